The molecule has 3 nitrogen and oxygen atoms in total. The zero-order chi connectivity index (χ0) is 10.8. The van der Waals surface area contributed by atoms with E-state index in [1.165, 1.54) is 12.8 Å². The molecule has 1 saturated carbocycles. The number of hydrogen-bond acceptors (Lipinski definition) is 3. The van der Waals surface area contributed by atoms with Gasteiger partial charge in [0.05, 0.1) is 11.1 Å². The molecular formula is C11H15BrN2O. The van der Waals surface area contributed by atoms with Crippen LogP contribution in [-0.4, -0.2) is 29.3 Å². The lowest BCUT2D eigenvalue weighted by molar-refractivity contribution is 0.301. The molecule has 1 aromatic rings. The third kappa shape index (κ3) is 2.49. The fraction of sp³-hybridized carbons (Fsp3) is 0.545. The van der Waals surface area contributed by atoms with Crippen LogP contribution in [0.5, 0.6) is 0 Å². The fourth-order valence-electron chi connectivity index (χ4n) is 1.69. The Balaban J connectivity index is 2.24. The first-order valence-corrected chi connectivity index (χ1v) is 6.01. The summed E-state index contributed by atoms with van der Waals surface area (Å²) in [5.74, 6) is 0.956. The van der Waals surface area contributed by atoms with Crippen LogP contribution in [-0.2, 0) is 0 Å². The zero-order valence-corrected chi connectivity index (χ0v) is 10.4. The van der Waals surface area contributed by atoms with Gasteiger partial charge >= 0.3 is 0 Å². The highest BCUT2D eigenvalue weighted by molar-refractivity contribution is 9.10. The highest BCUT2D eigenvalue weighted by atomic mass is 79.9. The molecular weight excluding hydrogens is 256 g/mol. The minimum Gasteiger partial charge on any atom is -0.395 e. The van der Waals surface area contributed by atoms with Crippen LogP contribution in [0.3, 0.4) is 0 Å². The largest absolute Gasteiger partial charge is 0.395 e. The fourth-order valence-corrected chi connectivity index (χ4v) is 2.38. The number of rotatable bonds is 4. The Bertz CT molecular complexity index is 352. The highest BCUT2D eigenvalue weighted by Gasteiger charge is 2.30. The van der Waals surface area contributed by atoms with E-state index < -0.39 is 0 Å². The van der Waals surface area contributed by atoms with E-state index in [1.807, 2.05) is 13.1 Å². The normalized spacial score (nSPS) is 15.4. The summed E-state index contributed by atoms with van der Waals surface area (Å²) in [6, 6.07) is 2.64. The molecule has 1 aromatic heterocycles. The number of aliphatic hydroxyl groups is 1. The van der Waals surface area contributed by atoms with Gasteiger partial charge < -0.3 is 10.0 Å². The predicted molar refractivity (Wildman–Crippen MR) is 64.1 cm³/mol. The van der Waals surface area contributed by atoms with Crippen LogP contribution < -0.4 is 4.90 Å². The molecule has 82 valence electrons. The molecule has 0 bridgehead atoms. The zero-order valence-electron chi connectivity index (χ0n) is 8.78. The van der Waals surface area contributed by atoms with Crippen molar-refractivity contribution in [2.45, 2.75) is 25.8 Å². The van der Waals surface area contributed by atoms with Gasteiger partial charge in [-0.15, -0.1) is 0 Å². The summed E-state index contributed by atoms with van der Waals surface area (Å²) < 4.78 is 1.02. The topological polar surface area (TPSA) is 36.4 Å². The molecule has 0 atom stereocenters. The van der Waals surface area contributed by atoms with E-state index in [9.17, 15) is 0 Å². The Morgan fingerprint density at radius 3 is 2.87 bits per heavy atom. The van der Waals surface area contributed by atoms with Crippen LogP contribution in [0.4, 0.5) is 5.82 Å². The lowest BCUT2D eigenvalue weighted by Crippen LogP contribution is -2.30. The molecule has 1 heterocycles. The second-order valence-electron chi connectivity index (χ2n) is 3.97. The van der Waals surface area contributed by atoms with E-state index in [-0.39, 0.29) is 6.61 Å². The average molecular weight is 271 g/mol. The van der Waals surface area contributed by atoms with E-state index in [2.05, 4.69) is 31.9 Å². The van der Waals surface area contributed by atoms with Crippen LogP contribution in [0.25, 0.3) is 0 Å². The second-order valence-corrected chi connectivity index (χ2v) is 4.82. The van der Waals surface area contributed by atoms with E-state index >= 15 is 0 Å². The van der Waals surface area contributed by atoms with Gasteiger partial charge in [0.25, 0.3) is 0 Å². The highest BCUT2D eigenvalue weighted by Crippen LogP contribution is 2.34. The number of anilines is 1. The minimum absolute atomic E-state index is 0.179. The minimum atomic E-state index is 0.179. The summed E-state index contributed by atoms with van der Waals surface area (Å²) in [4.78, 5) is 6.61. The van der Waals surface area contributed by atoms with Crippen molar-refractivity contribution < 1.29 is 5.11 Å². The maximum Gasteiger partial charge on any atom is 0.143 e. The Hall–Kier alpha value is -0.610. The van der Waals surface area contributed by atoms with Crippen LogP contribution in [0, 0.1) is 6.92 Å². The van der Waals surface area contributed by atoms with Crippen LogP contribution in [0.2, 0.25) is 0 Å². The Morgan fingerprint density at radius 1 is 1.60 bits per heavy atom. The first kappa shape index (κ1) is 10.9. The van der Waals surface area contributed by atoms with Crippen molar-refractivity contribution in [3.8, 4) is 0 Å². The first-order valence-electron chi connectivity index (χ1n) is 5.22. The van der Waals surface area contributed by atoms with Gasteiger partial charge in [-0.2, -0.15) is 0 Å². The molecule has 1 fully saturated rings. The van der Waals surface area contributed by atoms with Crippen molar-refractivity contribution in [3.05, 3.63) is 22.3 Å². The van der Waals surface area contributed by atoms with Crippen molar-refractivity contribution in [2.24, 2.45) is 0 Å². The maximum atomic E-state index is 9.04. The van der Waals surface area contributed by atoms with Gasteiger partial charge in [-0.25, -0.2) is 4.98 Å². The summed E-state index contributed by atoms with van der Waals surface area (Å²) in [5, 5.41) is 9.04. The molecule has 1 aliphatic carbocycles. The SMILES string of the molecule is Cc1cnc(N(CCO)C2CC2)c(Br)c1. The Labute approximate surface area is 98.3 Å². The Morgan fingerprint density at radius 2 is 2.33 bits per heavy atom. The predicted octanol–water partition coefficient (Wildman–Crippen LogP) is 2.11. The quantitative estimate of drug-likeness (QED) is 0.911. The van der Waals surface area contributed by atoms with Gasteiger partial charge in [0, 0.05) is 18.8 Å². The molecule has 2 rings (SSSR count). The molecule has 0 saturated heterocycles. The Kier molecular flexibility index (Phi) is 3.26. The molecule has 0 aliphatic heterocycles. The van der Waals surface area contributed by atoms with Gasteiger partial charge in [-0.1, -0.05) is 0 Å². The van der Waals surface area contributed by atoms with Crippen molar-refractivity contribution >= 4 is 21.7 Å². The molecule has 0 radical (unpaired) electrons. The maximum absolute atomic E-state index is 9.04. The molecule has 0 amide bonds. The number of pyridine rings is 1. The number of aryl methyl sites for hydroxylation is 1. The summed E-state index contributed by atoms with van der Waals surface area (Å²) in [7, 11) is 0. The summed E-state index contributed by atoms with van der Waals surface area (Å²) in [6.07, 6.45) is 4.29. The molecule has 4 heteroatoms. The van der Waals surface area contributed by atoms with E-state index in [0.717, 1.165) is 15.9 Å². The number of aliphatic hydroxyl groups excluding tert-OH is 1. The molecule has 0 spiro atoms. The summed E-state index contributed by atoms with van der Waals surface area (Å²) >= 11 is 3.53. The molecule has 1 N–H and O–H groups in total. The molecule has 0 unspecified atom stereocenters. The lowest BCUT2D eigenvalue weighted by atomic mass is 10.3. The monoisotopic (exact) mass is 270 g/mol. The smallest absolute Gasteiger partial charge is 0.143 e. The van der Waals surface area contributed by atoms with Crippen LogP contribution >= 0.6 is 15.9 Å². The van der Waals surface area contributed by atoms with Gasteiger partial charge in [0.1, 0.15) is 5.82 Å². The van der Waals surface area contributed by atoms with Crippen LogP contribution in [0.15, 0.2) is 16.7 Å². The van der Waals surface area contributed by atoms with Gasteiger partial charge in [0.15, 0.2) is 0 Å². The molecule has 1 aliphatic rings. The second kappa shape index (κ2) is 4.49. The van der Waals surface area contributed by atoms with Crippen molar-refractivity contribution in [1.82, 2.24) is 4.98 Å². The van der Waals surface area contributed by atoms with Gasteiger partial charge in [0.2, 0.25) is 0 Å². The lowest BCUT2D eigenvalue weighted by Gasteiger charge is -2.23. The number of aromatic nitrogens is 1. The van der Waals surface area contributed by atoms with Crippen molar-refractivity contribution in [2.75, 3.05) is 18.1 Å². The van der Waals surface area contributed by atoms with Gasteiger partial charge in [-0.05, 0) is 47.3 Å². The van der Waals surface area contributed by atoms with Crippen LogP contribution in [0.1, 0.15) is 18.4 Å². The van der Waals surface area contributed by atoms with E-state index in [1.54, 1.807) is 0 Å². The number of halogens is 1. The number of nitrogens with zero attached hydrogens (tertiary/aromatic N) is 2. The van der Waals surface area contributed by atoms with E-state index in [4.69, 9.17) is 5.11 Å². The third-order valence-electron chi connectivity index (χ3n) is 2.56. The average Bonchev–Trinajstić information content (AvgIpc) is 2.98. The number of hydrogen-bond donors (Lipinski definition) is 1. The molecule has 0 aromatic carbocycles. The first-order chi connectivity index (χ1) is 7.22. The molecule has 15 heavy (non-hydrogen) atoms. The summed E-state index contributed by atoms with van der Waals surface area (Å²) in [6.45, 7) is 2.87. The van der Waals surface area contributed by atoms with E-state index in [0.29, 0.717) is 12.6 Å². The van der Waals surface area contributed by atoms with Gasteiger partial charge in [-0.3, -0.25) is 0 Å². The summed E-state index contributed by atoms with van der Waals surface area (Å²) in [5.41, 5.74) is 1.14. The van der Waals surface area contributed by atoms with Crippen molar-refractivity contribution in [1.29, 1.82) is 0 Å². The van der Waals surface area contributed by atoms with Crippen molar-refractivity contribution in [3.63, 3.8) is 0 Å². The standard InChI is InChI=1S/C11H15BrN2O/c1-8-6-10(12)11(13-7-8)14(4-5-15)9-2-3-9/h6-7,9,15H,2-5H2,1H3. The third-order valence-corrected chi connectivity index (χ3v) is 3.14.